The van der Waals surface area contributed by atoms with E-state index < -0.39 is 0 Å². The summed E-state index contributed by atoms with van der Waals surface area (Å²) in [5.74, 6) is 0. The minimum Gasteiger partial charge on any atom is -0.299 e. The number of allylic oxidation sites excluding steroid dienone is 4. The summed E-state index contributed by atoms with van der Waals surface area (Å²) in [7, 11) is 0. The summed E-state index contributed by atoms with van der Waals surface area (Å²) in [4.78, 5) is 10.4. The predicted molar refractivity (Wildman–Crippen MR) is 62.3 cm³/mol. The van der Waals surface area contributed by atoms with Gasteiger partial charge in [-0.2, -0.15) is 0 Å². The molecule has 0 spiro atoms. The second-order valence-electron chi connectivity index (χ2n) is 3.88. The van der Waals surface area contributed by atoms with Gasteiger partial charge in [0.15, 0.2) is 0 Å². The highest BCUT2D eigenvalue weighted by atomic mass is 16.1. The van der Waals surface area contributed by atoms with Crippen LogP contribution in [0, 0.1) is 0 Å². The molecule has 1 nitrogen and oxygen atoms in total. The standard InChI is InChI=1S/C13H22O/c1-4-5-8-13(10-11-14)9-6-7-12(2)3/h7,10-11H,4-6,8-9H2,1-3H3. The van der Waals surface area contributed by atoms with Crippen molar-refractivity contribution < 1.29 is 4.79 Å². The Morgan fingerprint density at radius 3 is 2.43 bits per heavy atom. The van der Waals surface area contributed by atoms with Crippen molar-refractivity contribution in [2.24, 2.45) is 0 Å². The van der Waals surface area contributed by atoms with Crippen molar-refractivity contribution in [3.05, 3.63) is 23.3 Å². The molecule has 0 bridgehead atoms. The third-order valence-electron chi connectivity index (χ3n) is 2.17. The van der Waals surface area contributed by atoms with Crippen molar-refractivity contribution in [2.75, 3.05) is 0 Å². The fourth-order valence-electron chi connectivity index (χ4n) is 1.34. The molecule has 0 aliphatic rings. The Labute approximate surface area is 87.9 Å². The van der Waals surface area contributed by atoms with Gasteiger partial charge in [-0.3, -0.25) is 4.79 Å². The van der Waals surface area contributed by atoms with Crippen LogP contribution in [0.15, 0.2) is 23.3 Å². The van der Waals surface area contributed by atoms with Crippen molar-refractivity contribution >= 4 is 6.29 Å². The summed E-state index contributed by atoms with van der Waals surface area (Å²) in [5.41, 5.74) is 2.64. The lowest BCUT2D eigenvalue weighted by molar-refractivity contribution is -0.104. The zero-order valence-electron chi connectivity index (χ0n) is 9.68. The first-order valence-electron chi connectivity index (χ1n) is 5.47. The Kier molecular flexibility index (Phi) is 8.20. The number of carbonyl (C=O) groups is 1. The molecule has 0 fully saturated rings. The summed E-state index contributed by atoms with van der Waals surface area (Å²) >= 11 is 0. The van der Waals surface area contributed by atoms with Crippen molar-refractivity contribution in [1.82, 2.24) is 0 Å². The van der Waals surface area contributed by atoms with Crippen molar-refractivity contribution in [3.8, 4) is 0 Å². The highest BCUT2D eigenvalue weighted by Crippen LogP contribution is 2.14. The molecular formula is C13H22O. The van der Waals surface area contributed by atoms with E-state index in [0.29, 0.717) is 0 Å². The van der Waals surface area contributed by atoms with E-state index >= 15 is 0 Å². The molecule has 1 heteroatoms. The first-order valence-corrected chi connectivity index (χ1v) is 5.47. The highest BCUT2D eigenvalue weighted by molar-refractivity contribution is 5.66. The SMILES string of the molecule is CCCCC(=CC=O)CCC=C(C)C. The number of unbranched alkanes of at least 4 members (excludes halogenated alkanes) is 1. The number of carbonyl (C=O) groups excluding carboxylic acids is 1. The fraction of sp³-hybridized carbons (Fsp3) is 0.615. The van der Waals surface area contributed by atoms with Crippen LogP contribution in [-0.4, -0.2) is 6.29 Å². The number of aldehydes is 1. The van der Waals surface area contributed by atoms with Crippen LogP contribution in [0.2, 0.25) is 0 Å². The molecule has 0 saturated carbocycles. The average molecular weight is 194 g/mol. The topological polar surface area (TPSA) is 17.1 Å². The minimum atomic E-state index is 0.910. The van der Waals surface area contributed by atoms with E-state index in [1.165, 1.54) is 24.0 Å². The van der Waals surface area contributed by atoms with Crippen LogP contribution < -0.4 is 0 Å². The van der Waals surface area contributed by atoms with Gasteiger partial charge in [-0.15, -0.1) is 0 Å². The summed E-state index contributed by atoms with van der Waals surface area (Å²) in [5, 5.41) is 0. The maximum Gasteiger partial charge on any atom is 0.142 e. The van der Waals surface area contributed by atoms with Crippen LogP contribution in [-0.2, 0) is 4.79 Å². The molecule has 0 atom stereocenters. The molecule has 0 aliphatic heterocycles. The maximum absolute atomic E-state index is 10.4. The molecule has 0 aromatic rings. The lowest BCUT2D eigenvalue weighted by Gasteiger charge is -2.03. The van der Waals surface area contributed by atoms with E-state index in [9.17, 15) is 4.79 Å². The molecule has 0 rings (SSSR count). The summed E-state index contributed by atoms with van der Waals surface area (Å²) in [6.45, 7) is 6.39. The molecule has 0 unspecified atom stereocenters. The lowest BCUT2D eigenvalue weighted by atomic mass is 10.0. The second kappa shape index (κ2) is 8.74. The zero-order valence-corrected chi connectivity index (χ0v) is 9.68. The molecule has 0 N–H and O–H groups in total. The molecule has 0 heterocycles. The molecule has 0 saturated heterocycles. The van der Waals surface area contributed by atoms with Gasteiger partial charge in [0, 0.05) is 0 Å². The van der Waals surface area contributed by atoms with Crippen molar-refractivity contribution in [1.29, 1.82) is 0 Å². The predicted octanol–water partition coefficient (Wildman–Crippen LogP) is 4.05. The van der Waals surface area contributed by atoms with Gasteiger partial charge in [0.1, 0.15) is 6.29 Å². The largest absolute Gasteiger partial charge is 0.299 e. The van der Waals surface area contributed by atoms with Crippen LogP contribution in [0.25, 0.3) is 0 Å². The van der Waals surface area contributed by atoms with Gasteiger partial charge in [-0.25, -0.2) is 0 Å². The highest BCUT2D eigenvalue weighted by Gasteiger charge is 1.95. The normalized spacial score (nSPS) is 11.2. The van der Waals surface area contributed by atoms with Crippen LogP contribution in [0.3, 0.4) is 0 Å². The van der Waals surface area contributed by atoms with E-state index in [4.69, 9.17) is 0 Å². The van der Waals surface area contributed by atoms with E-state index in [1.54, 1.807) is 6.08 Å². The molecule has 0 aromatic carbocycles. The quantitative estimate of drug-likeness (QED) is 0.339. The fourth-order valence-corrected chi connectivity index (χ4v) is 1.34. The van der Waals surface area contributed by atoms with Gasteiger partial charge in [0.25, 0.3) is 0 Å². The van der Waals surface area contributed by atoms with Gasteiger partial charge in [0.05, 0.1) is 0 Å². The van der Waals surface area contributed by atoms with E-state index in [-0.39, 0.29) is 0 Å². The number of hydrogen-bond acceptors (Lipinski definition) is 1. The number of rotatable bonds is 7. The molecule has 0 aliphatic carbocycles. The summed E-state index contributed by atoms with van der Waals surface area (Å²) in [6.07, 6.45) is 10.4. The van der Waals surface area contributed by atoms with Gasteiger partial charge in [-0.1, -0.05) is 30.6 Å². The first-order chi connectivity index (χ1) is 6.70. The molecule has 0 radical (unpaired) electrons. The van der Waals surface area contributed by atoms with Gasteiger partial charge in [0.2, 0.25) is 0 Å². The second-order valence-corrected chi connectivity index (χ2v) is 3.88. The summed E-state index contributed by atoms with van der Waals surface area (Å²) < 4.78 is 0. The van der Waals surface area contributed by atoms with Gasteiger partial charge < -0.3 is 0 Å². The Bertz CT molecular complexity index is 207. The Balaban J connectivity index is 3.91. The molecule has 14 heavy (non-hydrogen) atoms. The van der Waals surface area contributed by atoms with Crippen LogP contribution >= 0.6 is 0 Å². The van der Waals surface area contributed by atoms with E-state index in [1.807, 2.05) is 0 Å². The third-order valence-corrected chi connectivity index (χ3v) is 2.17. The Morgan fingerprint density at radius 1 is 1.21 bits per heavy atom. The Hall–Kier alpha value is -0.850. The summed E-state index contributed by atoms with van der Waals surface area (Å²) in [6, 6.07) is 0. The average Bonchev–Trinajstić information content (AvgIpc) is 2.13. The third kappa shape index (κ3) is 7.78. The van der Waals surface area contributed by atoms with Crippen LogP contribution in [0.5, 0.6) is 0 Å². The van der Waals surface area contributed by atoms with E-state index in [0.717, 1.165) is 25.5 Å². The molecular weight excluding hydrogens is 172 g/mol. The Morgan fingerprint density at radius 2 is 1.93 bits per heavy atom. The smallest absolute Gasteiger partial charge is 0.142 e. The zero-order chi connectivity index (χ0) is 10.8. The van der Waals surface area contributed by atoms with Crippen LogP contribution in [0.1, 0.15) is 52.9 Å². The maximum atomic E-state index is 10.4. The van der Waals surface area contributed by atoms with Gasteiger partial charge >= 0.3 is 0 Å². The monoisotopic (exact) mass is 194 g/mol. The molecule has 80 valence electrons. The minimum absolute atomic E-state index is 0.910. The van der Waals surface area contributed by atoms with Crippen LogP contribution in [0.4, 0.5) is 0 Å². The molecule has 0 amide bonds. The lowest BCUT2D eigenvalue weighted by Crippen LogP contribution is -1.85. The van der Waals surface area contributed by atoms with Gasteiger partial charge in [-0.05, 0) is 45.6 Å². The number of hydrogen-bond donors (Lipinski definition) is 0. The van der Waals surface area contributed by atoms with Crippen molar-refractivity contribution in [3.63, 3.8) is 0 Å². The first kappa shape index (κ1) is 13.2. The molecule has 0 aromatic heterocycles. The van der Waals surface area contributed by atoms with Crippen molar-refractivity contribution in [2.45, 2.75) is 52.9 Å². The van der Waals surface area contributed by atoms with E-state index in [2.05, 4.69) is 26.8 Å².